The molecule has 0 spiro atoms. The summed E-state index contributed by atoms with van der Waals surface area (Å²) in [5.41, 5.74) is 0.714. The molecule has 0 aliphatic heterocycles. The average molecular weight is 361 g/mol. The van der Waals surface area contributed by atoms with Gasteiger partial charge in [-0.3, -0.25) is 0 Å². The van der Waals surface area contributed by atoms with Crippen molar-refractivity contribution in [2.24, 2.45) is 0 Å². The van der Waals surface area contributed by atoms with Crippen molar-refractivity contribution < 1.29 is 9.47 Å². The Morgan fingerprint density at radius 1 is 1.00 bits per heavy atom. The molecule has 0 aliphatic carbocycles. The summed E-state index contributed by atoms with van der Waals surface area (Å²) in [7, 11) is 1.61. The summed E-state index contributed by atoms with van der Waals surface area (Å²) in [6, 6.07) is 10.8. The first kappa shape index (κ1) is 17.1. The molecule has 118 valence electrons. The van der Waals surface area contributed by atoms with Gasteiger partial charge in [0, 0.05) is 0 Å². The Hall–Kier alpha value is -1.29. The van der Waals surface area contributed by atoms with Gasteiger partial charge in [0.15, 0.2) is 11.5 Å². The Bertz CT molecular complexity index is 649. The fraction of sp³-hybridized carbons (Fsp3) is 0.250. The highest BCUT2D eigenvalue weighted by molar-refractivity contribution is 6.44. The van der Waals surface area contributed by atoms with Crippen molar-refractivity contribution in [2.75, 3.05) is 19.0 Å². The van der Waals surface area contributed by atoms with Crippen molar-refractivity contribution in [1.29, 1.82) is 0 Å². The molecule has 0 bridgehead atoms. The number of anilines is 1. The summed E-state index contributed by atoms with van der Waals surface area (Å²) in [5.74, 6) is 1.39. The predicted molar refractivity (Wildman–Crippen MR) is 93.0 cm³/mol. The van der Waals surface area contributed by atoms with Crippen LogP contribution in [0.4, 0.5) is 5.69 Å². The van der Waals surface area contributed by atoms with Gasteiger partial charge in [0.1, 0.15) is 6.10 Å². The van der Waals surface area contributed by atoms with Crippen molar-refractivity contribution in [1.82, 2.24) is 0 Å². The zero-order valence-corrected chi connectivity index (χ0v) is 14.5. The maximum Gasteiger partial charge on any atom is 0.161 e. The number of para-hydroxylation sites is 2. The van der Waals surface area contributed by atoms with E-state index < -0.39 is 0 Å². The number of halogens is 3. The Kier molecular flexibility index (Phi) is 6.07. The SMILES string of the molecule is COc1ccccc1OC(C)CNc1cc(Cl)c(Cl)cc1Cl. The standard InChI is InChI=1S/C16H16Cl3NO2/c1-10(22-16-6-4-3-5-15(16)21-2)9-20-14-8-12(18)11(17)7-13(14)19/h3-8,10,20H,9H2,1-2H3. The lowest BCUT2D eigenvalue weighted by Crippen LogP contribution is -2.23. The molecule has 2 aromatic carbocycles. The van der Waals surface area contributed by atoms with Crippen LogP contribution in [0.25, 0.3) is 0 Å². The largest absolute Gasteiger partial charge is 0.493 e. The summed E-state index contributed by atoms with van der Waals surface area (Å²) in [5, 5.41) is 4.59. The molecule has 0 aromatic heterocycles. The Morgan fingerprint density at radius 2 is 1.64 bits per heavy atom. The molecule has 0 fully saturated rings. The molecule has 22 heavy (non-hydrogen) atoms. The maximum absolute atomic E-state index is 6.13. The van der Waals surface area contributed by atoms with Crippen molar-refractivity contribution in [3.8, 4) is 11.5 Å². The van der Waals surface area contributed by atoms with Gasteiger partial charge in [-0.15, -0.1) is 0 Å². The van der Waals surface area contributed by atoms with Crippen molar-refractivity contribution in [2.45, 2.75) is 13.0 Å². The average Bonchev–Trinajstić information content (AvgIpc) is 2.50. The lowest BCUT2D eigenvalue weighted by atomic mass is 10.3. The Balaban J connectivity index is 1.98. The molecular formula is C16H16Cl3NO2. The van der Waals surface area contributed by atoms with Crippen LogP contribution in [-0.2, 0) is 0 Å². The van der Waals surface area contributed by atoms with Crippen LogP contribution >= 0.6 is 34.8 Å². The fourth-order valence-electron chi connectivity index (χ4n) is 1.89. The molecule has 0 aliphatic rings. The van der Waals surface area contributed by atoms with Crippen LogP contribution in [0.3, 0.4) is 0 Å². The number of hydrogen-bond acceptors (Lipinski definition) is 3. The van der Waals surface area contributed by atoms with Gasteiger partial charge >= 0.3 is 0 Å². The van der Waals surface area contributed by atoms with Crippen molar-refractivity contribution >= 4 is 40.5 Å². The Morgan fingerprint density at radius 3 is 2.32 bits per heavy atom. The van der Waals surface area contributed by atoms with E-state index in [4.69, 9.17) is 44.3 Å². The molecule has 0 saturated heterocycles. The monoisotopic (exact) mass is 359 g/mol. The van der Waals surface area contributed by atoms with E-state index in [0.29, 0.717) is 38.8 Å². The molecule has 1 N–H and O–H groups in total. The normalized spacial score (nSPS) is 11.9. The van der Waals surface area contributed by atoms with Crippen LogP contribution in [0, 0.1) is 0 Å². The molecule has 1 atom stereocenters. The minimum atomic E-state index is -0.0955. The quantitative estimate of drug-likeness (QED) is 0.687. The molecule has 1 unspecified atom stereocenters. The molecule has 3 nitrogen and oxygen atoms in total. The summed E-state index contributed by atoms with van der Waals surface area (Å²) >= 11 is 18.0. The molecule has 2 aromatic rings. The number of benzene rings is 2. The maximum atomic E-state index is 6.13. The predicted octanol–water partition coefficient (Wildman–Crippen LogP) is 5.53. The van der Waals surface area contributed by atoms with E-state index >= 15 is 0 Å². The van der Waals surface area contributed by atoms with E-state index in [-0.39, 0.29) is 6.10 Å². The smallest absolute Gasteiger partial charge is 0.161 e. The zero-order chi connectivity index (χ0) is 16.1. The number of nitrogens with one attached hydrogen (secondary N) is 1. The van der Waals surface area contributed by atoms with Gasteiger partial charge in [-0.25, -0.2) is 0 Å². The molecular weight excluding hydrogens is 345 g/mol. The van der Waals surface area contributed by atoms with Crippen LogP contribution in [0.15, 0.2) is 36.4 Å². The van der Waals surface area contributed by atoms with E-state index in [9.17, 15) is 0 Å². The lowest BCUT2D eigenvalue weighted by molar-refractivity contribution is 0.223. The van der Waals surface area contributed by atoms with Gasteiger partial charge < -0.3 is 14.8 Å². The first-order valence-corrected chi connectivity index (χ1v) is 7.82. The van der Waals surface area contributed by atoms with Crippen LogP contribution in [0.1, 0.15) is 6.92 Å². The fourth-order valence-corrected chi connectivity index (χ4v) is 2.50. The number of ether oxygens (including phenoxy) is 2. The zero-order valence-electron chi connectivity index (χ0n) is 12.2. The second-order valence-corrected chi connectivity index (χ2v) is 5.93. The summed E-state index contributed by atoms with van der Waals surface area (Å²) in [6.45, 7) is 2.50. The first-order chi connectivity index (χ1) is 10.5. The minimum Gasteiger partial charge on any atom is -0.493 e. The lowest BCUT2D eigenvalue weighted by Gasteiger charge is -2.18. The third kappa shape index (κ3) is 4.35. The van der Waals surface area contributed by atoms with Crippen LogP contribution in [0.2, 0.25) is 15.1 Å². The van der Waals surface area contributed by atoms with E-state index in [1.165, 1.54) is 0 Å². The Labute approximate surface area is 145 Å². The van der Waals surface area contributed by atoms with Gasteiger partial charge in [0.2, 0.25) is 0 Å². The van der Waals surface area contributed by atoms with E-state index in [1.807, 2.05) is 31.2 Å². The van der Waals surface area contributed by atoms with Gasteiger partial charge in [-0.2, -0.15) is 0 Å². The summed E-state index contributed by atoms with van der Waals surface area (Å²) < 4.78 is 11.1. The number of rotatable bonds is 6. The number of hydrogen-bond donors (Lipinski definition) is 1. The van der Waals surface area contributed by atoms with Crippen LogP contribution < -0.4 is 14.8 Å². The second kappa shape index (κ2) is 7.82. The highest BCUT2D eigenvalue weighted by Crippen LogP contribution is 2.32. The molecule has 0 saturated carbocycles. The van der Waals surface area contributed by atoms with Gasteiger partial charge in [0.05, 0.1) is 34.4 Å². The first-order valence-electron chi connectivity index (χ1n) is 6.69. The van der Waals surface area contributed by atoms with Crippen LogP contribution in [0.5, 0.6) is 11.5 Å². The third-order valence-electron chi connectivity index (χ3n) is 2.99. The minimum absolute atomic E-state index is 0.0955. The molecule has 0 amide bonds. The molecule has 2 rings (SSSR count). The van der Waals surface area contributed by atoms with Gasteiger partial charge in [-0.1, -0.05) is 46.9 Å². The third-order valence-corrected chi connectivity index (χ3v) is 4.02. The molecule has 0 heterocycles. The second-order valence-electron chi connectivity index (χ2n) is 4.71. The summed E-state index contributed by atoms with van der Waals surface area (Å²) in [6.07, 6.45) is -0.0955. The highest BCUT2D eigenvalue weighted by atomic mass is 35.5. The van der Waals surface area contributed by atoms with E-state index in [0.717, 1.165) is 0 Å². The van der Waals surface area contributed by atoms with Crippen LogP contribution in [-0.4, -0.2) is 19.8 Å². The van der Waals surface area contributed by atoms with Gasteiger partial charge in [-0.05, 0) is 31.2 Å². The van der Waals surface area contributed by atoms with Crippen molar-refractivity contribution in [3.63, 3.8) is 0 Å². The number of methoxy groups -OCH3 is 1. The topological polar surface area (TPSA) is 30.5 Å². The summed E-state index contributed by atoms with van der Waals surface area (Å²) in [4.78, 5) is 0. The molecule has 0 radical (unpaired) electrons. The van der Waals surface area contributed by atoms with E-state index in [1.54, 1.807) is 19.2 Å². The van der Waals surface area contributed by atoms with E-state index in [2.05, 4.69) is 5.32 Å². The van der Waals surface area contributed by atoms with Gasteiger partial charge in [0.25, 0.3) is 0 Å². The molecule has 6 heteroatoms. The van der Waals surface area contributed by atoms with Crippen molar-refractivity contribution in [3.05, 3.63) is 51.5 Å². The highest BCUT2D eigenvalue weighted by Gasteiger charge is 2.10.